The highest BCUT2D eigenvalue weighted by atomic mass is 79.9. The van der Waals surface area contributed by atoms with Crippen molar-refractivity contribution in [2.24, 2.45) is 11.1 Å². The highest BCUT2D eigenvalue weighted by Gasteiger charge is 2.44. The summed E-state index contributed by atoms with van der Waals surface area (Å²) in [5, 5.41) is 0. The molecule has 1 heterocycles. The fourth-order valence-corrected chi connectivity index (χ4v) is 3.72. The summed E-state index contributed by atoms with van der Waals surface area (Å²) in [7, 11) is 0. The van der Waals surface area contributed by atoms with Crippen molar-refractivity contribution in [1.29, 1.82) is 0 Å². The van der Waals surface area contributed by atoms with Crippen LogP contribution >= 0.6 is 15.9 Å². The maximum Gasteiger partial charge on any atom is 0.126 e. The average molecular weight is 324 g/mol. The molecule has 1 unspecified atom stereocenters. The van der Waals surface area contributed by atoms with E-state index in [-0.39, 0.29) is 11.6 Å². The Balaban J connectivity index is 1.88. The predicted octanol–water partition coefficient (Wildman–Crippen LogP) is 4.57. The molecule has 1 aliphatic heterocycles. The summed E-state index contributed by atoms with van der Waals surface area (Å²) in [5.74, 6) is 0.979. The van der Waals surface area contributed by atoms with E-state index in [9.17, 15) is 0 Å². The molecule has 2 aliphatic rings. The number of hydrogen-bond acceptors (Lipinski definition) is 2. The molecule has 2 N–H and O–H groups in total. The van der Waals surface area contributed by atoms with Crippen LogP contribution in [-0.2, 0) is 0 Å². The molecule has 0 aromatic heterocycles. The highest BCUT2D eigenvalue weighted by Crippen LogP contribution is 2.49. The van der Waals surface area contributed by atoms with Crippen LogP contribution in [0.15, 0.2) is 22.7 Å². The van der Waals surface area contributed by atoms with Gasteiger partial charge in [-0.3, -0.25) is 0 Å². The van der Waals surface area contributed by atoms with Crippen molar-refractivity contribution in [3.05, 3.63) is 28.2 Å². The van der Waals surface area contributed by atoms with Gasteiger partial charge in [-0.1, -0.05) is 35.8 Å². The predicted molar refractivity (Wildman–Crippen MR) is 81.3 cm³/mol. The molecule has 0 radical (unpaired) electrons. The first-order valence-electron chi connectivity index (χ1n) is 7.13. The topological polar surface area (TPSA) is 35.2 Å². The van der Waals surface area contributed by atoms with Gasteiger partial charge in [-0.05, 0) is 43.2 Å². The smallest absolute Gasteiger partial charge is 0.126 e. The number of halogens is 1. The van der Waals surface area contributed by atoms with E-state index in [1.165, 1.54) is 12.8 Å². The summed E-state index contributed by atoms with van der Waals surface area (Å²) in [6, 6.07) is 6.31. The van der Waals surface area contributed by atoms with Crippen molar-refractivity contribution in [1.82, 2.24) is 0 Å². The van der Waals surface area contributed by atoms with E-state index in [2.05, 4.69) is 41.9 Å². The molecule has 1 aliphatic carbocycles. The van der Waals surface area contributed by atoms with Gasteiger partial charge in [-0.2, -0.15) is 0 Å². The number of ether oxygens (including phenoxy) is 1. The molecule has 1 saturated carbocycles. The summed E-state index contributed by atoms with van der Waals surface area (Å²) < 4.78 is 7.46. The Morgan fingerprint density at radius 3 is 2.58 bits per heavy atom. The Labute approximate surface area is 123 Å². The van der Waals surface area contributed by atoms with Crippen molar-refractivity contribution < 1.29 is 4.74 Å². The van der Waals surface area contributed by atoms with Crippen molar-refractivity contribution in [3.63, 3.8) is 0 Å². The zero-order valence-corrected chi connectivity index (χ0v) is 13.3. The maximum absolute atomic E-state index is 6.39. The van der Waals surface area contributed by atoms with Gasteiger partial charge in [-0.25, -0.2) is 0 Å². The molecule has 1 spiro atoms. The van der Waals surface area contributed by atoms with Crippen LogP contribution in [-0.4, -0.2) is 5.60 Å². The van der Waals surface area contributed by atoms with Gasteiger partial charge >= 0.3 is 0 Å². The molecule has 0 bridgehead atoms. The molecule has 19 heavy (non-hydrogen) atoms. The normalized spacial score (nSPS) is 27.7. The minimum Gasteiger partial charge on any atom is -0.487 e. The maximum atomic E-state index is 6.39. The molecule has 0 saturated heterocycles. The highest BCUT2D eigenvalue weighted by molar-refractivity contribution is 9.10. The Kier molecular flexibility index (Phi) is 3.18. The number of nitrogens with two attached hydrogens (primary N) is 1. The third-order valence-electron chi connectivity index (χ3n) is 4.81. The first-order chi connectivity index (χ1) is 8.89. The third-order valence-corrected chi connectivity index (χ3v) is 5.30. The van der Waals surface area contributed by atoms with Crippen LogP contribution in [0.25, 0.3) is 0 Å². The van der Waals surface area contributed by atoms with E-state index < -0.39 is 0 Å². The first kappa shape index (κ1) is 13.4. The number of hydrogen-bond donors (Lipinski definition) is 1. The standard InChI is InChI=1S/C16H22BrNO/c1-15(2)5-7-16(8-6-15)10-13(18)12-4-3-11(17)9-14(12)19-16/h3-4,9,13H,5-8,10,18H2,1-2H3. The minimum absolute atomic E-state index is 0.0251. The van der Waals surface area contributed by atoms with Gasteiger partial charge in [0.25, 0.3) is 0 Å². The molecule has 1 aromatic rings. The second kappa shape index (κ2) is 4.49. The molecule has 3 heteroatoms. The Morgan fingerprint density at radius 1 is 1.21 bits per heavy atom. The molecule has 0 amide bonds. The van der Waals surface area contributed by atoms with Crippen molar-refractivity contribution in [3.8, 4) is 5.75 Å². The van der Waals surface area contributed by atoms with Gasteiger partial charge in [0, 0.05) is 22.5 Å². The van der Waals surface area contributed by atoms with E-state index in [0.717, 1.165) is 35.0 Å². The lowest BCUT2D eigenvalue weighted by atomic mass is 9.68. The van der Waals surface area contributed by atoms with E-state index >= 15 is 0 Å². The van der Waals surface area contributed by atoms with Crippen LogP contribution in [0.5, 0.6) is 5.75 Å². The zero-order valence-electron chi connectivity index (χ0n) is 11.7. The van der Waals surface area contributed by atoms with Gasteiger partial charge < -0.3 is 10.5 Å². The molecular weight excluding hydrogens is 302 g/mol. The quantitative estimate of drug-likeness (QED) is 0.759. The van der Waals surface area contributed by atoms with E-state index in [4.69, 9.17) is 10.5 Å². The largest absolute Gasteiger partial charge is 0.487 e. The van der Waals surface area contributed by atoms with Crippen molar-refractivity contribution in [2.75, 3.05) is 0 Å². The summed E-state index contributed by atoms with van der Waals surface area (Å²) in [4.78, 5) is 0. The SMILES string of the molecule is CC1(C)CCC2(CC1)CC(N)c1ccc(Br)cc1O2. The lowest BCUT2D eigenvalue weighted by molar-refractivity contribution is -0.0260. The summed E-state index contributed by atoms with van der Waals surface area (Å²) >= 11 is 3.52. The van der Waals surface area contributed by atoms with Crippen LogP contribution in [0.1, 0.15) is 57.6 Å². The number of rotatable bonds is 0. The summed E-state index contributed by atoms with van der Waals surface area (Å²) in [5.41, 5.74) is 7.96. The molecule has 2 nitrogen and oxygen atoms in total. The Morgan fingerprint density at radius 2 is 1.89 bits per heavy atom. The second-order valence-electron chi connectivity index (χ2n) is 6.94. The first-order valence-corrected chi connectivity index (χ1v) is 7.93. The van der Waals surface area contributed by atoms with Gasteiger partial charge in [0.05, 0.1) is 0 Å². The van der Waals surface area contributed by atoms with Crippen LogP contribution < -0.4 is 10.5 Å². The fourth-order valence-electron chi connectivity index (χ4n) is 3.38. The van der Waals surface area contributed by atoms with Crippen LogP contribution in [0, 0.1) is 5.41 Å². The van der Waals surface area contributed by atoms with Gasteiger partial charge in [0.1, 0.15) is 11.4 Å². The number of benzene rings is 1. The molecule has 104 valence electrons. The molecule has 1 fully saturated rings. The lowest BCUT2D eigenvalue weighted by Crippen LogP contribution is -2.46. The van der Waals surface area contributed by atoms with E-state index in [1.54, 1.807) is 0 Å². The van der Waals surface area contributed by atoms with Crippen LogP contribution in [0.3, 0.4) is 0 Å². The number of fused-ring (bicyclic) bond motifs is 1. The van der Waals surface area contributed by atoms with Crippen molar-refractivity contribution in [2.45, 2.75) is 57.6 Å². The summed E-state index contributed by atoms with van der Waals surface area (Å²) in [6.45, 7) is 4.71. The van der Waals surface area contributed by atoms with Gasteiger partial charge in [-0.15, -0.1) is 0 Å². The molecular formula is C16H22BrNO. The van der Waals surface area contributed by atoms with Crippen LogP contribution in [0.2, 0.25) is 0 Å². The van der Waals surface area contributed by atoms with Gasteiger partial charge in [0.2, 0.25) is 0 Å². The fraction of sp³-hybridized carbons (Fsp3) is 0.625. The Bertz CT molecular complexity index is 488. The zero-order chi connectivity index (χ0) is 13.7. The molecule has 3 rings (SSSR count). The van der Waals surface area contributed by atoms with Gasteiger partial charge in [0.15, 0.2) is 0 Å². The molecule has 1 aromatic carbocycles. The van der Waals surface area contributed by atoms with E-state index in [1.807, 2.05) is 6.07 Å². The van der Waals surface area contributed by atoms with Crippen LogP contribution in [0.4, 0.5) is 0 Å². The Hall–Kier alpha value is -0.540. The van der Waals surface area contributed by atoms with Crippen molar-refractivity contribution >= 4 is 15.9 Å². The average Bonchev–Trinajstić information content (AvgIpc) is 2.33. The monoisotopic (exact) mass is 323 g/mol. The second-order valence-corrected chi connectivity index (χ2v) is 7.86. The summed E-state index contributed by atoms with van der Waals surface area (Å²) in [6.07, 6.45) is 5.66. The molecule has 1 atom stereocenters. The minimum atomic E-state index is -0.0251. The third kappa shape index (κ3) is 2.55. The van der Waals surface area contributed by atoms with E-state index in [0.29, 0.717) is 5.41 Å². The lowest BCUT2D eigenvalue weighted by Gasteiger charge is -2.47.